The predicted octanol–water partition coefficient (Wildman–Crippen LogP) is 3.16. The average Bonchev–Trinajstić information content (AvgIpc) is 2.50. The summed E-state index contributed by atoms with van der Waals surface area (Å²) in [4.78, 5) is 36.2. The van der Waals surface area contributed by atoms with E-state index in [1.54, 1.807) is 43.3 Å². The number of carboxylic acid groups (broad SMARTS) is 1. The van der Waals surface area contributed by atoms with Gasteiger partial charge in [0.25, 0.3) is 0 Å². The number of hydrogen-bond acceptors (Lipinski definition) is 3. The van der Waals surface area contributed by atoms with Gasteiger partial charge in [-0.25, -0.2) is 4.79 Å². The molecule has 0 radical (unpaired) electrons. The van der Waals surface area contributed by atoms with Gasteiger partial charge in [0, 0.05) is 22.3 Å². The van der Waals surface area contributed by atoms with Crippen LogP contribution >= 0.6 is 0 Å². The van der Waals surface area contributed by atoms with Gasteiger partial charge in [-0.15, -0.1) is 0 Å². The normalized spacial score (nSPS) is 13.6. The zero-order valence-corrected chi connectivity index (χ0v) is 11.8. The number of allylic oxidation sites excluding steroid dienone is 2. The van der Waals surface area contributed by atoms with Crippen LogP contribution in [0.2, 0.25) is 0 Å². The van der Waals surface area contributed by atoms with Gasteiger partial charge >= 0.3 is 5.97 Å². The molecule has 0 spiro atoms. The zero-order valence-electron chi connectivity index (χ0n) is 11.8. The zero-order chi connectivity index (χ0) is 15.9. The molecule has 22 heavy (non-hydrogen) atoms. The van der Waals surface area contributed by atoms with Gasteiger partial charge in [0.15, 0.2) is 11.6 Å². The minimum absolute atomic E-state index is 0.0115. The van der Waals surface area contributed by atoms with Gasteiger partial charge in [0.1, 0.15) is 0 Å². The summed E-state index contributed by atoms with van der Waals surface area (Å²) in [6.45, 7) is 1.80. The van der Waals surface area contributed by atoms with Crippen molar-refractivity contribution in [3.8, 4) is 0 Å². The summed E-state index contributed by atoms with van der Waals surface area (Å²) in [6.07, 6.45) is 1.23. The van der Waals surface area contributed by atoms with Gasteiger partial charge in [-0.05, 0) is 19.1 Å². The molecule has 0 saturated heterocycles. The number of ketones is 2. The number of Topliss-reactive ketones (excluding diaryl/α,β-unsaturated/α-hetero) is 1. The van der Waals surface area contributed by atoms with E-state index in [0.29, 0.717) is 11.1 Å². The molecule has 0 aliphatic heterocycles. The van der Waals surface area contributed by atoms with E-state index in [9.17, 15) is 19.5 Å². The topological polar surface area (TPSA) is 71.4 Å². The van der Waals surface area contributed by atoms with Crippen LogP contribution in [0.25, 0.3) is 5.57 Å². The van der Waals surface area contributed by atoms with Crippen molar-refractivity contribution in [2.75, 3.05) is 0 Å². The highest BCUT2D eigenvalue weighted by Crippen LogP contribution is 2.30. The number of carbonyl (C=O) groups excluding carboxylic acids is 2. The summed E-state index contributed by atoms with van der Waals surface area (Å²) in [5.41, 5.74) is 1.89. The quantitative estimate of drug-likeness (QED) is 0.923. The van der Waals surface area contributed by atoms with Crippen LogP contribution in [0.4, 0.5) is 0 Å². The summed E-state index contributed by atoms with van der Waals surface area (Å²) in [5, 5.41) is 9.31. The van der Waals surface area contributed by atoms with Crippen molar-refractivity contribution in [3.05, 3.63) is 76.4 Å². The Labute approximate surface area is 126 Å². The summed E-state index contributed by atoms with van der Waals surface area (Å²) < 4.78 is 0. The first-order valence-electron chi connectivity index (χ1n) is 6.73. The highest BCUT2D eigenvalue weighted by molar-refractivity contribution is 6.39. The van der Waals surface area contributed by atoms with Crippen LogP contribution in [-0.4, -0.2) is 22.6 Å². The molecular formula is C18H12O4. The Morgan fingerprint density at radius 3 is 2.32 bits per heavy atom. The molecule has 0 bridgehead atoms. The van der Waals surface area contributed by atoms with E-state index in [4.69, 9.17) is 0 Å². The van der Waals surface area contributed by atoms with Crippen molar-refractivity contribution in [3.63, 3.8) is 0 Å². The molecule has 4 heteroatoms. The van der Waals surface area contributed by atoms with E-state index in [0.717, 1.165) is 5.56 Å². The minimum Gasteiger partial charge on any atom is -0.478 e. The van der Waals surface area contributed by atoms with Crippen LogP contribution in [0, 0.1) is 6.92 Å². The Balaban J connectivity index is 2.23. The van der Waals surface area contributed by atoms with Gasteiger partial charge in [0.05, 0.1) is 5.56 Å². The van der Waals surface area contributed by atoms with Crippen molar-refractivity contribution in [1.29, 1.82) is 0 Å². The summed E-state index contributed by atoms with van der Waals surface area (Å²) in [5.74, 6) is -1.75. The molecule has 0 amide bonds. The number of benzene rings is 2. The molecule has 0 heterocycles. The maximum atomic E-state index is 12.6. The Bertz CT molecular complexity index is 859. The molecule has 0 atom stereocenters. The number of fused-ring (bicyclic) bond motifs is 1. The Morgan fingerprint density at radius 2 is 1.64 bits per heavy atom. The van der Waals surface area contributed by atoms with E-state index in [1.165, 1.54) is 12.1 Å². The predicted molar refractivity (Wildman–Crippen MR) is 81.2 cm³/mol. The van der Waals surface area contributed by atoms with Crippen molar-refractivity contribution in [2.24, 2.45) is 0 Å². The fourth-order valence-electron chi connectivity index (χ4n) is 2.58. The first-order valence-corrected chi connectivity index (χ1v) is 6.73. The largest absolute Gasteiger partial charge is 0.478 e. The lowest BCUT2D eigenvalue weighted by molar-refractivity contribution is 0.0696. The third-order valence-corrected chi connectivity index (χ3v) is 3.65. The molecule has 108 valence electrons. The van der Waals surface area contributed by atoms with Gasteiger partial charge in [-0.3, -0.25) is 9.59 Å². The first kappa shape index (κ1) is 13.9. The van der Waals surface area contributed by atoms with Gasteiger partial charge in [0.2, 0.25) is 0 Å². The van der Waals surface area contributed by atoms with Gasteiger partial charge in [-0.1, -0.05) is 42.0 Å². The molecule has 0 aromatic heterocycles. The van der Waals surface area contributed by atoms with Crippen LogP contribution in [0.15, 0.2) is 48.5 Å². The van der Waals surface area contributed by atoms with Crippen LogP contribution in [-0.2, 0) is 0 Å². The van der Waals surface area contributed by atoms with Crippen molar-refractivity contribution in [2.45, 2.75) is 6.92 Å². The second kappa shape index (κ2) is 5.07. The molecule has 4 nitrogen and oxygen atoms in total. The van der Waals surface area contributed by atoms with Crippen molar-refractivity contribution < 1.29 is 19.5 Å². The highest BCUT2D eigenvalue weighted by atomic mass is 16.4. The molecule has 3 rings (SSSR count). The van der Waals surface area contributed by atoms with Gasteiger partial charge < -0.3 is 5.11 Å². The van der Waals surface area contributed by atoms with E-state index in [1.807, 2.05) is 0 Å². The maximum absolute atomic E-state index is 12.6. The summed E-state index contributed by atoms with van der Waals surface area (Å²) in [7, 11) is 0. The molecule has 2 aromatic carbocycles. The number of aromatic carboxylic acids is 1. The fourth-order valence-corrected chi connectivity index (χ4v) is 2.58. The number of hydrogen-bond donors (Lipinski definition) is 1. The number of aryl methyl sites for hydroxylation is 1. The standard InChI is InChI=1S/C18H12O4/c1-10-6-7-13(18(21)22)14(8-10)15-9-16(19)11-4-2-3-5-12(11)17(15)20/h2-9H,1H3,(H,21,22). The molecule has 0 fully saturated rings. The lowest BCUT2D eigenvalue weighted by atomic mass is 9.84. The van der Waals surface area contributed by atoms with Crippen LogP contribution in [0.1, 0.15) is 42.2 Å². The Morgan fingerprint density at radius 1 is 0.955 bits per heavy atom. The smallest absolute Gasteiger partial charge is 0.336 e. The highest BCUT2D eigenvalue weighted by Gasteiger charge is 2.28. The molecule has 1 N–H and O–H groups in total. The average molecular weight is 292 g/mol. The molecular weight excluding hydrogens is 280 g/mol. The van der Waals surface area contributed by atoms with E-state index >= 15 is 0 Å². The van der Waals surface area contributed by atoms with E-state index in [2.05, 4.69) is 0 Å². The second-order valence-electron chi connectivity index (χ2n) is 5.15. The third kappa shape index (κ3) is 2.15. The monoisotopic (exact) mass is 292 g/mol. The molecule has 0 unspecified atom stereocenters. The fraction of sp³-hybridized carbons (Fsp3) is 0.0556. The first-order chi connectivity index (χ1) is 10.5. The van der Waals surface area contributed by atoms with E-state index < -0.39 is 5.97 Å². The molecule has 2 aromatic rings. The van der Waals surface area contributed by atoms with Crippen LogP contribution < -0.4 is 0 Å². The second-order valence-corrected chi connectivity index (χ2v) is 5.15. The lowest BCUT2D eigenvalue weighted by Gasteiger charge is -2.17. The molecule has 1 aliphatic rings. The van der Waals surface area contributed by atoms with E-state index in [-0.39, 0.29) is 28.3 Å². The molecule has 1 aliphatic carbocycles. The number of rotatable bonds is 2. The number of carbonyl (C=O) groups is 3. The lowest BCUT2D eigenvalue weighted by Crippen LogP contribution is -2.17. The Kier molecular flexibility index (Phi) is 3.22. The van der Waals surface area contributed by atoms with Crippen molar-refractivity contribution >= 4 is 23.1 Å². The van der Waals surface area contributed by atoms with Crippen molar-refractivity contribution in [1.82, 2.24) is 0 Å². The van der Waals surface area contributed by atoms with Crippen LogP contribution in [0.5, 0.6) is 0 Å². The van der Waals surface area contributed by atoms with Gasteiger partial charge in [-0.2, -0.15) is 0 Å². The minimum atomic E-state index is -1.13. The Hall–Kier alpha value is -3.01. The summed E-state index contributed by atoms with van der Waals surface area (Å²) >= 11 is 0. The number of carboxylic acids is 1. The molecule has 0 saturated carbocycles. The SMILES string of the molecule is Cc1ccc(C(=O)O)c(C2=CC(=O)c3ccccc3C2=O)c1. The summed E-state index contributed by atoms with van der Waals surface area (Å²) in [6, 6.07) is 11.3. The third-order valence-electron chi connectivity index (χ3n) is 3.65. The maximum Gasteiger partial charge on any atom is 0.336 e. The van der Waals surface area contributed by atoms with Crippen LogP contribution in [0.3, 0.4) is 0 Å².